The van der Waals surface area contributed by atoms with E-state index in [2.05, 4.69) is 40.5 Å². The number of halogens is 1. The summed E-state index contributed by atoms with van der Waals surface area (Å²) in [6.07, 6.45) is 5.21. The van der Waals surface area contributed by atoms with Crippen LogP contribution in [0, 0.1) is 5.92 Å². The van der Waals surface area contributed by atoms with Crippen LogP contribution in [0.15, 0.2) is 18.2 Å². The van der Waals surface area contributed by atoms with Crippen LogP contribution < -0.4 is 0 Å². The summed E-state index contributed by atoms with van der Waals surface area (Å²) in [7, 11) is 2.17. The van der Waals surface area contributed by atoms with Gasteiger partial charge in [0.2, 0.25) is 0 Å². The first-order valence-electron chi connectivity index (χ1n) is 9.76. The van der Waals surface area contributed by atoms with Gasteiger partial charge in [-0.1, -0.05) is 18.5 Å². The van der Waals surface area contributed by atoms with Gasteiger partial charge in [-0.05, 0) is 49.6 Å². The van der Waals surface area contributed by atoms with Gasteiger partial charge in [-0.2, -0.15) is 0 Å². The van der Waals surface area contributed by atoms with Crippen molar-refractivity contribution in [3.8, 4) is 0 Å². The van der Waals surface area contributed by atoms with Gasteiger partial charge < -0.3 is 14.3 Å². The van der Waals surface area contributed by atoms with E-state index in [0.29, 0.717) is 6.42 Å². The van der Waals surface area contributed by atoms with E-state index in [1.165, 1.54) is 35.0 Å². The third kappa shape index (κ3) is 3.19. The number of fused-ring (bicyclic) bond motifs is 3. The monoisotopic (exact) mass is 373 g/mol. The average Bonchev–Trinajstić information content (AvgIpc) is 2.93. The summed E-state index contributed by atoms with van der Waals surface area (Å²) in [6, 6.07) is 6.22. The van der Waals surface area contributed by atoms with Gasteiger partial charge in [0, 0.05) is 55.1 Å². The zero-order chi connectivity index (χ0) is 18.3. The number of piperidine rings is 1. The lowest BCUT2D eigenvalue weighted by molar-refractivity contribution is -0.109. The molecule has 1 aromatic carbocycles. The van der Waals surface area contributed by atoms with E-state index in [-0.39, 0.29) is 6.17 Å². The molecule has 1 atom stereocenters. The first kappa shape index (κ1) is 18.0. The van der Waals surface area contributed by atoms with Gasteiger partial charge in [-0.15, -0.1) is 0 Å². The molecule has 1 aromatic heterocycles. The summed E-state index contributed by atoms with van der Waals surface area (Å²) in [5.41, 5.74) is 4.00. The number of hydrogen-bond donors (Lipinski definition) is 0. The fourth-order valence-corrected chi connectivity index (χ4v) is 4.84. The number of likely N-dealkylation sites (tertiary alicyclic amines) is 1. The molecule has 2 aliphatic heterocycles. The summed E-state index contributed by atoms with van der Waals surface area (Å²) in [4.78, 5) is 16.4. The molecule has 0 amide bonds. The van der Waals surface area contributed by atoms with Crippen LogP contribution in [0.5, 0.6) is 0 Å². The van der Waals surface area contributed by atoms with E-state index in [9.17, 15) is 4.79 Å². The smallest absolute Gasteiger partial charge is 0.123 e. The number of hydrogen-bond acceptors (Lipinski definition) is 3. The first-order valence-corrected chi connectivity index (χ1v) is 10.1. The molecule has 0 bridgehead atoms. The van der Waals surface area contributed by atoms with Gasteiger partial charge in [0.1, 0.15) is 6.29 Å². The van der Waals surface area contributed by atoms with Crippen molar-refractivity contribution in [1.29, 1.82) is 0 Å². The van der Waals surface area contributed by atoms with Crippen molar-refractivity contribution < 1.29 is 4.79 Å². The second-order valence-electron chi connectivity index (χ2n) is 8.05. The number of aldehydes is 1. The third-order valence-corrected chi connectivity index (χ3v) is 6.42. The highest BCUT2D eigenvalue weighted by atomic mass is 35.5. The Kier molecular flexibility index (Phi) is 5.09. The number of aromatic nitrogens is 1. The predicted octanol–water partition coefficient (Wildman–Crippen LogP) is 4.10. The summed E-state index contributed by atoms with van der Waals surface area (Å²) in [5.74, 6) is 0.783. The van der Waals surface area contributed by atoms with Gasteiger partial charge >= 0.3 is 0 Å². The van der Waals surface area contributed by atoms with Gasteiger partial charge in [-0.25, -0.2) is 0 Å². The lowest BCUT2D eigenvalue weighted by Crippen LogP contribution is -2.40. The number of likely N-dealkylation sites (N-methyl/N-ethyl adjacent to an activating group) is 1. The molecule has 1 saturated heterocycles. The summed E-state index contributed by atoms with van der Waals surface area (Å²) >= 11 is 6.32. The molecule has 0 saturated carbocycles. The maximum absolute atomic E-state index is 11.6. The Labute approximate surface area is 160 Å². The molecule has 0 spiro atoms. The van der Waals surface area contributed by atoms with E-state index >= 15 is 0 Å². The maximum atomic E-state index is 11.6. The fourth-order valence-electron chi connectivity index (χ4n) is 4.67. The van der Waals surface area contributed by atoms with Crippen molar-refractivity contribution in [3.05, 3.63) is 34.5 Å². The number of rotatable bonds is 4. The summed E-state index contributed by atoms with van der Waals surface area (Å²) < 4.78 is 2.46. The second-order valence-corrected chi connectivity index (χ2v) is 8.48. The van der Waals surface area contributed by atoms with Crippen LogP contribution in [0.4, 0.5) is 0 Å². The van der Waals surface area contributed by atoms with Gasteiger partial charge in [0.05, 0.1) is 11.7 Å². The number of carbonyl (C=O) groups excluding carboxylic acids is 1. The number of benzene rings is 1. The van der Waals surface area contributed by atoms with Crippen LogP contribution in [0.1, 0.15) is 43.6 Å². The molecule has 26 heavy (non-hydrogen) atoms. The van der Waals surface area contributed by atoms with E-state index in [0.717, 1.165) is 49.8 Å². The fraction of sp³-hybridized carbons (Fsp3) is 0.571. The second kappa shape index (κ2) is 7.34. The summed E-state index contributed by atoms with van der Waals surface area (Å²) in [5, 5.41) is 2.03. The molecule has 0 radical (unpaired) electrons. The van der Waals surface area contributed by atoms with E-state index < -0.39 is 0 Å². The van der Waals surface area contributed by atoms with Crippen LogP contribution in [0.3, 0.4) is 0 Å². The molecular formula is C21H28ClN3O. The SMILES string of the molecule is CC1CCN(C(CC=O)n2c3c(c4cc(Cl)ccc42)CN(C)CC3)CC1. The van der Waals surface area contributed by atoms with E-state index in [1.807, 2.05) is 6.07 Å². The molecule has 5 heteroatoms. The molecule has 140 valence electrons. The molecule has 2 aliphatic rings. The molecule has 4 rings (SSSR count). The highest BCUT2D eigenvalue weighted by Gasteiger charge is 2.30. The van der Waals surface area contributed by atoms with Crippen LogP contribution in [0.2, 0.25) is 5.02 Å². The predicted molar refractivity (Wildman–Crippen MR) is 107 cm³/mol. The Morgan fingerprint density at radius 1 is 1.27 bits per heavy atom. The minimum atomic E-state index is 0.121. The Morgan fingerprint density at radius 3 is 2.77 bits per heavy atom. The Morgan fingerprint density at radius 2 is 2.04 bits per heavy atom. The largest absolute Gasteiger partial charge is 0.328 e. The van der Waals surface area contributed by atoms with Crippen LogP contribution >= 0.6 is 11.6 Å². The highest BCUT2D eigenvalue weighted by Crippen LogP contribution is 2.37. The normalized spacial score (nSPS) is 21.0. The standard InChI is InChI=1S/C21H28ClN3O/c1-15-5-10-24(11-6-15)21(8-12-26)25-19-4-3-16(22)13-17(19)18-14-23(2)9-7-20(18)25/h3-4,12-13,15,21H,5-11,14H2,1-2H3. The minimum absolute atomic E-state index is 0.121. The topological polar surface area (TPSA) is 28.5 Å². The molecule has 0 N–H and O–H groups in total. The summed E-state index contributed by atoms with van der Waals surface area (Å²) in [6.45, 7) is 6.48. The maximum Gasteiger partial charge on any atom is 0.123 e. The molecule has 4 nitrogen and oxygen atoms in total. The van der Waals surface area contributed by atoms with Crippen molar-refractivity contribution >= 4 is 28.8 Å². The molecule has 0 aliphatic carbocycles. The Balaban J connectivity index is 1.84. The van der Waals surface area contributed by atoms with Crippen molar-refractivity contribution in [2.75, 3.05) is 26.7 Å². The van der Waals surface area contributed by atoms with E-state index in [4.69, 9.17) is 11.6 Å². The van der Waals surface area contributed by atoms with Crippen molar-refractivity contribution in [3.63, 3.8) is 0 Å². The van der Waals surface area contributed by atoms with Crippen LogP contribution in [-0.2, 0) is 17.8 Å². The molecule has 1 fully saturated rings. The van der Waals surface area contributed by atoms with Gasteiger partial charge in [0.25, 0.3) is 0 Å². The zero-order valence-electron chi connectivity index (χ0n) is 15.7. The van der Waals surface area contributed by atoms with E-state index in [1.54, 1.807) is 0 Å². The Hall–Kier alpha value is -1.36. The lowest BCUT2D eigenvalue weighted by Gasteiger charge is -2.38. The number of carbonyl (C=O) groups is 1. The van der Waals surface area contributed by atoms with Gasteiger partial charge in [0.15, 0.2) is 0 Å². The molecule has 2 aromatic rings. The van der Waals surface area contributed by atoms with Crippen molar-refractivity contribution in [2.24, 2.45) is 5.92 Å². The average molecular weight is 374 g/mol. The minimum Gasteiger partial charge on any atom is -0.328 e. The number of nitrogens with zero attached hydrogens (tertiary/aromatic N) is 3. The van der Waals surface area contributed by atoms with Crippen LogP contribution in [0.25, 0.3) is 10.9 Å². The zero-order valence-corrected chi connectivity index (χ0v) is 16.5. The highest BCUT2D eigenvalue weighted by molar-refractivity contribution is 6.31. The Bertz CT molecular complexity index is 807. The molecule has 3 heterocycles. The van der Waals surface area contributed by atoms with Crippen molar-refractivity contribution in [1.82, 2.24) is 14.4 Å². The molecular weight excluding hydrogens is 346 g/mol. The lowest BCUT2D eigenvalue weighted by atomic mass is 9.98. The van der Waals surface area contributed by atoms with Crippen LogP contribution in [-0.4, -0.2) is 47.3 Å². The van der Waals surface area contributed by atoms with Crippen molar-refractivity contribution in [2.45, 2.75) is 45.3 Å². The van der Waals surface area contributed by atoms with Gasteiger partial charge in [-0.3, -0.25) is 4.90 Å². The quantitative estimate of drug-likeness (QED) is 0.755. The third-order valence-electron chi connectivity index (χ3n) is 6.19. The first-order chi connectivity index (χ1) is 12.6. The molecule has 1 unspecified atom stereocenters.